The molecular weight excluding hydrogens is 242 g/mol. The molecule has 2 aliphatic carbocycles. The van der Waals surface area contributed by atoms with Crippen LogP contribution in [0.5, 0.6) is 0 Å². The molecule has 4 atom stereocenters. The van der Waals surface area contributed by atoms with Gasteiger partial charge in [-0.3, -0.25) is 0 Å². The van der Waals surface area contributed by atoms with Crippen molar-refractivity contribution in [1.29, 1.82) is 0 Å². The van der Waals surface area contributed by atoms with E-state index in [4.69, 9.17) is 4.74 Å². The van der Waals surface area contributed by atoms with E-state index in [2.05, 4.69) is 38.8 Å². The van der Waals surface area contributed by atoms with Crippen LogP contribution >= 0.6 is 11.8 Å². The van der Waals surface area contributed by atoms with Crippen molar-refractivity contribution in [2.24, 2.45) is 17.3 Å². The number of hydrogen-bond acceptors (Lipinski definition) is 2. The van der Waals surface area contributed by atoms with Crippen LogP contribution in [0.4, 0.5) is 0 Å². The first-order chi connectivity index (χ1) is 8.49. The van der Waals surface area contributed by atoms with Crippen LogP contribution in [0.1, 0.15) is 33.6 Å². The zero-order valence-corrected chi connectivity index (χ0v) is 13.1. The van der Waals surface area contributed by atoms with Gasteiger partial charge in [-0.1, -0.05) is 13.8 Å². The molecule has 0 aromatic carbocycles. The molecule has 0 unspecified atom stereocenters. The Morgan fingerprint density at radius 3 is 2.39 bits per heavy atom. The molecule has 0 spiro atoms. The Labute approximate surface area is 116 Å². The number of rotatable bonds is 2. The molecule has 3 heteroatoms. The Morgan fingerprint density at radius 1 is 1.11 bits per heavy atom. The van der Waals surface area contributed by atoms with Crippen LogP contribution in [0.25, 0.3) is 0 Å². The summed E-state index contributed by atoms with van der Waals surface area (Å²) in [6.45, 7) is 11.9. The first-order valence-corrected chi connectivity index (χ1v) is 8.69. The van der Waals surface area contributed by atoms with Crippen molar-refractivity contribution < 1.29 is 9.64 Å². The van der Waals surface area contributed by atoms with Crippen LogP contribution < -0.4 is 4.90 Å². The second kappa shape index (κ2) is 4.39. The van der Waals surface area contributed by atoms with Crippen LogP contribution in [0.2, 0.25) is 0 Å². The minimum absolute atomic E-state index is 0.488. The summed E-state index contributed by atoms with van der Waals surface area (Å²) < 4.78 is 6.03. The molecule has 3 rings (SSSR count). The average Bonchev–Trinajstić information content (AvgIpc) is 2.90. The maximum absolute atomic E-state index is 5.54. The Kier molecular flexibility index (Phi) is 3.23. The normalized spacial score (nSPS) is 47.7. The number of quaternary nitrogens is 1. The molecule has 1 heterocycles. The fourth-order valence-corrected chi connectivity index (χ4v) is 5.51. The lowest BCUT2D eigenvalue weighted by atomic mass is 9.83. The van der Waals surface area contributed by atoms with Gasteiger partial charge in [-0.25, -0.2) is 0 Å². The number of hydrogen-bond donors (Lipinski definition) is 1. The van der Waals surface area contributed by atoms with Crippen LogP contribution in [0.3, 0.4) is 0 Å². The Morgan fingerprint density at radius 2 is 1.78 bits per heavy atom. The van der Waals surface area contributed by atoms with Gasteiger partial charge in [0, 0.05) is 6.42 Å². The van der Waals surface area contributed by atoms with Gasteiger partial charge < -0.3 is 9.64 Å². The fraction of sp³-hybridized carbons (Fsp3) is 1.00. The molecule has 18 heavy (non-hydrogen) atoms. The summed E-state index contributed by atoms with van der Waals surface area (Å²) in [5, 5.41) is 0. The highest BCUT2D eigenvalue weighted by molar-refractivity contribution is 8.00. The van der Waals surface area contributed by atoms with Gasteiger partial charge in [0.2, 0.25) is 0 Å². The fourth-order valence-electron chi connectivity index (χ4n) is 4.62. The maximum Gasteiger partial charge on any atom is 0.102 e. The third-order valence-electron chi connectivity index (χ3n) is 6.23. The van der Waals surface area contributed by atoms with Gasteiger partial charge in [0.15, 0.2) is 0 Å². The quantitative estimate of drug-likeness (QED) is 0.816. The number of ether oxygens (including phenoxy) is 1. The summed E-state index contributed by atoms with van der Waals surface area (Å²) in [7, 11) is 0. The summed E-state index contributed by atoms with van der Waals surface area (Å²) >= 11 is 2.12. The van der Waals surface area contributed by atoms with E-state index >= 15 is 0 Å². The molecule has 0 aromatic heterocycles. The maximum atomic E-state index is 5.54. The molecule has 0 bridgehead atoms. The van der Waals surface area contributed by atoms with Crippen molar-refractivity contribution >= 4 is 11.8 Å². The second-order valence-corrected chi connectivity index (χ2v) is 8.66. The standard InChI is InChI=1S/C15H27NOS/c1-14(2)11-9-13(16-5-7-17-8-6-16)15(3,18-4)10-12(11)14/h11-13H,5-10H2,1-4H3/p+1/t11-,12+,13+,15+/m1/s1. The Hall–Kier alpha value is 0.270. The molecule has 3 fully saturated rings. The molecule has 104 valence electrons. The van der Waals surface area contributed by atoms with E-state index in [0.717, 1.165) is 31.1 Å². The Bertz CT molecular complexity index is 326. The largest absolute Gasteiger partial charge is 0.370 e. The number of morpholine rings is 1. The highest BCUT2D eigenvalue weighted by Crippen LogP contribution is 2.67. The molecule has 3 aliphatic rings. The van der Waals surface area contributed by atoms with Crippen LogP contribution in [-0.4, -0.2) is 43.3 Å². The van der Waals surface area contributed by atoms with Gasteiger partial charge in [-0.2, -0.15) is 11.8 Å². The third-order valence-corrected chi connectivity index (χ3v) is 7.62. The molecule has 0 aromatic rings. The van der Waals surface area contributed by atoms with Gasteiger partial charge in [0.25, 0.3) is 0 Å². The van der Waals surface area contributed by atoms with Crippen molar-refractivity contribution in [1.82, 2.24) is 0 Å². The highest BCUT2D eigenvalue weighted by Gasteiger charge is 2.65. The monoisotopic (exact) mass is 270 g/mol. The van der Waals surface area contributed by atoms with Crippen molar-refractivity contribution in [3.8, 4) is 0 Å². The van der Waals surface area contributed by atoms with Gasteiger partial charge in [0.1, 0.15) is 19.1 Å². The first-order valence-electron chi connectivity index (χ1n) is 7.46. The van der Waals surface area contributed by atoms with E-state index < -0.39 is 0 Å². The van der Waals surface area contributed by atoms with Crippen LogP contribution in [0.15, 0.2) is 0 Å². The summed E-state index contributed by atoms with van der Waals surface area (Å²) in [4.78, 5) is 1.82. The predicted molar refractivity (Wildman–Crippen MR) is 77.2 cm³/mol. The highest BCUT2D eigenvalue weighted by atomic mass is 32.2. The lowest BCUT2D eigenvalue weighted by Gasteiger charge is -2.44. The minimum atomic E-state index is 0.488. The third kappa shape index (κ3) is 1.94. The van der Waals surface area contributed by atoms with Crippen molar-refractivity contribution in [3.05, 3.63) is 0 Å². The number of fused-ring (bicyclic) bond motifs is 1. The molecule has 0 amide bonds. The van der Waals surface area contributed by atoms with Gasteiger partial charge in [-0.05, 0) is 36.9 Å². The first kappa shape index (κ1) is 13.3. The molecule has 2 nitrogen and oxygen atoms in total. The number of thioether (sulfide) groups is 1. The lowest BCUT2D eigenvalue weighted by molar-refractivity contribution is -0.936. The zero-order chi connectivity index (χ0) is 13.0. The summed E-state index contributed by atoms with van der Waals surface area (Å²) in [6.07, 6.45) is 5.20. The summed E-state index contributed by atoms with van der Waals surface area (Å²) in [6, 6.07) is 0.847. The zero-order valence-electron chi connectivity index (χ0n) is 12.3. The van der Waals surface area contributed by atoms with E-state index in [1.54, 1.807) is 0 Å². The minimum Gasteiger partial charge on any atom is -0.370 e. The average molecular weight is 270 g/mol. The Balaban J connectivity index is 1.78. The molecular formula is C15H28NOS+. The smallest absolute Gasteiger partial charge is 0.102 e. The van der Waals surface area contributed by atoms with Crippen molar-refractivity contribution in [2.45, 2.75) is 44.4 Å². The predicted octanol–water partition coefficient (Wildman–Crippen LogP) is 1.46. The van der Waals surface area contributed by atoms with Gasteiger partial charge >= 0.3 is 0 Å². The summed E-state index contributed by atoms with van der Waals surface area (Å²) in [5.74, 6) is 1.99. The van der Waals surface area contributed by atoms with Crippen LogP contribution in [0, 0.1) is 17.3 Å². The van der Waals surface area contributed by atoms with E-state index in [9.17, 15) is 0 Å². The van der Waals surface area contributed by atoms with Crippen LogP contribution in [-0.2, 0) is 4.74 Å². The molecule has 2 saturated carbocycles. The van der Waals surface area contributed by atoms with E-state index in [0.29, 0.717) is 10.2 Å². The molecule has 1 aliphatic heterocycles. The lowest BCUT2D eigenvalue weighted by Crippen LogP contribution is -3.19. The molecule has 1 N–H and O–H groups in total. The SMILES string of the molecule is CS[C@@]1(C)C[C@H]2[C@@H](C[C@@H]1[NH+]1CCOCC1)C2(C)C. The van der Waals surface area contributed by atoms with Gasteiger partial charge in [0.05, 0.1) is 18.0 Å². The summed E-state index contributed by atoms with van der Waals surface area (Å²) in [5.41, 5.74) is 0.622. The number of nitrogens with one attached hydrogen (secondary N) is 1. The molecule has 0 radical (unpaired) electrons. The van der Waals surface area contributed by atoms with E-state index in [1.165, 1.54) is 25.9 Å². The van der Waals surface area contributed by atoms with Crippen molar-refractivity contribution in [3.63, 3.8) is 0 Å². The topological polar surface area (TPSA) is 13.7 Å². The second-order valence-electron chi connectivity index (χ2n) is 7.31. The molecule has 1 saturated heterocycles. The van der Waals surface area contributed by atoms with E-state index in [1.807, 2.05) is 4.90 Å². The van der Waals surface area contributed by atoms with Crippen molar-refractivity contribution in [2.75, 3.05) is 32.6 Å². The van der Waals surface area contributed by atoms with E-state index in [-0.39, 0.29) is 0 Å². The van der Waals surface area contributed by atoms with Gasteiger partial charge in [-0.15, -0.1) is 0 Å².